The first-order valence-corrected chi connectivity index (χ1v) is 9.32. The van der Waals surface area contributed by atoms with Crippen LogP contribution in [0.3, 0.4) is 0 Å². The molecule has 136 valence electrons. The molecule has 0 atom stereocenters. The van der Waals surface area contributed by atoms with Crippen LogP contribution in [0.4, 0.5) is 0 Å². The maximum absolute atomic E-state index is 12.6. The molecule has 0 saturated heterocycles. The molecule has 0 bridgehead atoms. The van der Waals surface area contributed by atoms with Gasteiger partial charge in [-0.05, 0) is 42.0 Å². The smallest absolute Gasteiger partial charge is 0.246 e. The molecule has 0 aliphatic carbocycles. The van der Waals surface area contributed by atoms with Crippen LogP contribution in [-0.2, 0) is 17.8 Å². The number of hydrogen-bond donors (Lipinski definition) is 0. The summed E-state index contributed by atoms with van der Waals surface area (Å²) in [4.78, 5) is 14.4. The van der Waals surface area contributed by atoms with Gasteiger partial charge < -0.3 is 9.42 Å². The summed E-state index contributed by atoms with van der Waals surface area (Å²) in [6.45, 7) is 1.06. The van der Waals surface area contributed by atoms with Crippen molar-refractivity contribution in [3.05, 3.63) is 81.5 Å². The Bertz CT molecular complexity index is 1010. The number of benzene rings is 2. The third kappa shape index (κ3) is 3.77. The molecule has 6 heteroatoms. The fraction of sp³-hybridized carbons (Fsp3) is 0.143. The molecule has 27 heavy (non-hydrogen) atoms. The quantitative estimate of drug-likeness (QED) is 0.566. The van der Waals surface area contributed by atoms with Crippen molar-refractivity contribution in [2.45, 2.75) is 13.0 Å². The van der Waals surface area contributed by atoms with Crippen LogP contribution in [0.15, 0.2) is 59.1 Å². The summed E-state index contributed by atoms with van der Waals surface area (Å²) < 4.78 is 5.55. The van der Waals surface area contributed by atoms with Gasteiger partial charge in [-0.3, -0.25) is 4.79 Å². The number of rotatable bonds is 3. The number of aromatic nitrogens is 1. The summed E-state index contributed by atoms with van der Waals surface area (Å²) in [6.07, 6.45) is 3.97. The van der Waals surface area contributed by atoms with Crippen LogP contribution >= 0.6 is 23.2 Å². The molecular formula is C21H16Cl2N2O2. The lowest BCUT2D eigenvalue weighted by molar-refractivity contribution is -0.126. The van der Waals surface area contributed by atoms with Gasteiger partial charge in [0.1, 0.15) is 0 Å². The average Bonchev–Trinajstić information content (AvgIpc) is 3.11. The van der Waals surface area contributed by atoms with E-state index in [1.54, 1.807) is 23.1 Å². The van der Waals surface area contributed by atoms with E-state index in [0.717, 1.165) is 22.4 Å². The Hall–Kier alpha value is -2.56. The molecule has 0 N–H and O–H groups in total. The number of halogens is 2. The lowest BCUT2D eigenvalue weighted by Gasteiger charge is -2.25. The van der Waals surface area contributed by atoms with E-state index in [2.05, 4.69) is 5.16 Å². The Balaban J connectivity index is 1.54. The standard InChI is InChI=1S/C21H16Cl2N2O2/c22-16-8-5-15(6-9-16)21-17-13-25(12-11-19(17)24-27-21)20(26)10-7-14-3-1-2-4-18(14)23/h1-10H,11-13H2/b10-7+. The highest BCUT2D eigenvalue weighted by molar-refractivity contribution is 6.32. The zero-order valence-electron chi connectivity index (χ0n) is 14.4. The fourth-order valence-electron chi connectivity index (χ4n) is 3.11. The number of amides is 1. The molecule has 1 aliphatic heterocycles. The van der Waals surface area contributed by atoms with E-state index in [0.29, 0.717) is 35.3 Å². The van der Waals surface area contributed by atoms with Gasteiger partial charge in [0, 0.05) is 40.2 Å². The van der Waals surface area contributed by atoms with Crippen molar-refractivity contribution in [2.24, 2.45) is 0 Å². The monoisotopic (exact) mass is 398 g/mol. The fourth-order valence-corrected chi connectivity index (χ4v) is 3.43. The van der Waals surface area contributed by atoms with Crippen molar-refractivity contribution in [2.75, 3.05) is 6.54 Å². The molecule has 1 aromatic heterocycles. The largest absolute Gasteiger partial charge is 0.356 e. The molecule has 4 rings (SSSR count). The van der Waals surface area contributed by atoms with E-state index in [1.807, 2.05) is 42.5 Å². The number of hydrogen-bond acceptors (Lipinski definition) is 3. The topological polar surface area (TPSA) is 46.3 Å². The second-order valence-electron chi connectivity index (χ2n) is 6.31. The summed E-state index contributed by atoms with van der Waals surface area (Å²) >= 11 is 12.1. The molecule has 0 fully saturated rings. The van der Waals surface area contributed by atoms with E-state index in [-0.39, 0.29) is 5.91 Å². The Morgan fingerprint density at radius 2 is 1.89 bits per heavy atom. The van der Waals surface area contributed by atoms with Gasteiger partial charge in [-0.1, -0.05) is 46.6 Å². The van der Waals surface area contributed by atoms with E-state index in [4.69, 9.17) is 27.7 Å². The maximum atomic E-state index is 12.6. The summed E-state index contributed by atoms with van der Waals surface area (Å²) in [5.41, 5.74) is 3.56. The number of fused-ring (bicyclic) bond motifs is 1. The molecule has 2 aromatic carbocycles. The van der Waals surface area contributed by atoms with Gasteiger partial charge in [-0.25, -0.2) is 0 Å². The second-order valence-corrected chi connectivity index (χ2v) is 7.15. The van der Waals surface area contributed by atoms with Gasteiger partial charge in [0.2, 0.25) is 5.91 Å². The normalized spacial score (nSPS) is 13.8. The summed E-state index contributed by atoms with van der Waals surface area (Å²) in [5, 5.41) is 5.45. The van der Waals surface area contributed by atoms with E-state index in [1.165, 1.54) is 0 Å². The van der Waals surface area contributed by atoms with Crippen molar-refractivity contribution in [3.63, 3.8) is 0 Å². The van der Waals surface area contributed by atoms with E-state index in [9.17, 15) is 4.79 Å². The van der Waals surface area contributed by atoms with Gasteiger partial charge in [0.25, 0.3) is 0 Å². The molecule has 2 heterocycles. The molecule has 0 saturated carbocycles. The predicted molar refractivity (Wildman–Crippen MR) is 107 cm³/mol. The molecule has 0 spiro atoms. The summed E-state index contributed by atoms with van der Waals surface area (Å²) in [5.74, 6) is 0.623. The first-order valence-electron chi connectivity index (χ1n) is 8.56. The van der Waals surface area contributed by atoms with Crippen molar-refractivity contribution in [1.29, 1.82) is 0 Å². The Morgan fingerprint density at radius 1 is 1.11 bits per heavy atom. The number of carbonyl (C=O) groups is 1. The molecule has 0 unspecified atom stereocenters. The van der Waals surface area contributed by atoms with Crippen LogP contribution in [0.5, 0.6) is 0 Å². The summed E-state index contributed by atoms with van der Waals surface area (Å²) in [7, 11) is 0. The lowest BCUT2D eigenvalue weighted by Crippen LogP contribution is -2.34. The Kier molecular flexibility index (Phi) is 5.01. The molecule has 4 nitrogen and oxygen atoms in total. The average molecular weight is 399 g/mol. The van der Waals surface area contributed by atoms with Crippen LogP contribution in [0, 0.1) is 0 Å². The Labute approximate surface area is 167 Å². The van der Waals surface area contributed by atoms with Gasteiger partial charge in [-0.2, -0.15) is 0 Å². The van der Waals surface area contributed by atoms with Crippen LogP contribution in [-0.4, -0.2) is 22.5 Å². The van der Waals surface area contributed by atoms with Gasteiger partial charge >= 0.3 is 0 Å². The number of carbonyl (C=O) groups excluding carboxylic acids is 1. The van der Waals surface area contributed by atoms with Crippen LogP contribution < -0.4 is 0 Å². The highest BCUT2D eigenvalue weighted by Crippen LogP contribution is 2.31. The zero-order chi connectivity index (χ0) is 18.8. The molecule has 0 radical (unpaired) electrons. The SMILES string of the molecule is O=C(/C=C/c1ccccc1Cl)N1CCc2noc(-c3ccc(Cl)cc3)c2C1. The highest BCUT2D eigenvalue weighted by Gasteiger charge is 2.26. The van der Waals surface area contributed by atoms with Gasteiger partial charge in [0.05, 0.1) is 12.2 Å². The third-order valence-corrected chi connectivity index (χ3v) is 5.16. The lowest BCUT2D eigenvalue weighted by atomic mass is 10.0. The molecule has 1 amide bonds. The van der Waals surface area contributed by atoms with Crippen LogP contribution in [0.1, 0.15) is 16.8 Å². The van der Waals surface area contributed by atoms with Crippen molar-refractivity contribution < 1.29 is 9.32 Å². The highest BCUT2D eigenvalue weighted by atomic mass is 35.5. The molecule has 3 aromatic rings. The van der Waals surface area contributed by atoms with E-state index >= 15 is 0 Å². The van der Waals surface area contributed by atoms with Crippen LogP contribution in [0.25, 0.3) is 17.4 Å². The van der Waals surface area contributed by atoms with E-state index < -0.39 is 0 Å². The van der Waals surface area contributed by atoms with Crippen molar-refractivity contribution in [1.82, 2.24) is 10.1 Å². The van der Waals surface area contributed by atoms with Gasteiger partial charge in [-0.15, -0.1) is 0 Å². The Morgan fingerprint density at radius 3 is 2.67 bits per heavy atom. The third-order valence-electron chi connectivity index (χ3n) is 4.57. The minimum Gasteiger partial charge on any atom is -0.356 e. The zero-order valence-corrected chi connectivity index (χ0v) is 15.9. The van der Waals surface area contributed by atoms with Crippen LogP contribution in [0.2, 0.25) is 10.0 Å². The van der Waals surface area contributed by atoms with Crippen molar-refractivity contribution >= 4 is 35.2 Å². The second kappa shape index (κ2) is 7.59. The molecule has 1 aliphatic rings. The minimum absolute atomic E-state index is 0.0659. The molecular weight excluding hydrogens is 383 g/mol. The van der Waals surface area contributed by atoms with Crippen molar-refractivity contribution in [3.8, 4) is 11.3 Å². The first kappa shape index (κ1) is 17.8. The minimum atomic E-state index is -0.0659. The van der Waals surface area contributed by atoms with Gasteiger partial charge in [0.15, 0.2) is 5.76 Å². The summed E-state index contributed by atoms with van der Waals surface area (Å²) in [6, 6.07) is 14.8. The maximum Gasteiger partial charge on any atom is 0.246 e. The first-order chi connectivity index (χ1) is 13.1. The predicted octanol–water partition coefficient (Wildman–Crippen LogP) is 5.25. The number of nitrogens with zero attached hydrogens (tertiary/aromatic N) is 2.